The molecule has 2 aromatic carbocycles. The van der Waals surface area contributed by atoms with Crippen molar-refractivity contribution >= 4 is 33.0 Å². The molecular weight excluding hydrogens is 312 g/mol. The normalized spacial score (nSPS) is 11.0. The Bertz CT molecular complexity index is 730. The fraction of sp³-hybridized carbons (Fsp3) is 0.143. The molecule has 2 aromatic rings. The lowest BCUT2D eigenvalue weighted by Gasteiger charge is -2.12. The lowest BCUT2D eigenvalue weighted by Crippen LogP contribution is -2.13. The second-order valence-corrected chi connectivity index (χ2v) is 6.34. The van der Waals surface area contributed by atoms with Crippen molar-refractivity contribution in [2.45, 2.75) is 4.90 Å². The van der Waals surface area contributed by atoms with Gasteiger partial charge in [0, 0.05) is 17.8 Å². The zero-order valence-corrected chi connectivity index (χ0v) is 13.1. The minimum absolute atomic E-state index is 0.156. The van der Waals surface area contributed by atoms with Gasteiger partial charge >= 0.3 is 0 Å². The van der Waals surface area contributed by atoms with Gasteiger partial charge in [-0.25, -0.2) is 8.42 Å². The smallest absolute Gasteiger partial charge is 0.262 e. The third-order valence-electron chi connectivity index (χ3n) is 2.86. The van der Waals surface area contributed by atoms with Crippen LogP contribution in [0.3, 0.4) is 0 Å². The predicted octanol–water partition coefficient (Wildman–Crippen LogP) is 3.19. The van der Waals surface area contributed by atoms with Crippen LogP contribution >= 0.6 is 11.6 Å². The second kappa shape index (κ2) is 6.24. The SMILES string of the molecule is CNc1ccc(S(=O)(=O)Nc2cc(Cl)ccc2OC)cc1. The third kappa shape index (κ3) is 3.59. The minimum atomic E-state index is -3.70. The first-order valence-corrected chi connectivity index (χ1v) is 7.96. The summed E-state index contributed by atoms with van der Waals surface area (Å²) >= 11 is 5.89. The van der Waals surface area contributed by atoms with Gasteiger partial charge in [0.2, 0.25) is 0 Å². The Morgan fingerprint density at radius 3 is 2.33 bits per heavy atom. The molecule has 0 spiro atoms. The highest BCUT2D eigenvalue weighted by atomic mass is 35.5. The Morgan fingerprint density at radius 2 is 1.76 bits per heavy atom. The highest BCUT2D eigenvalue weighted by Crippen LogP contribution is 2.29. The van der Waals surface area contributed by atoms with E-state index in [9.17, 15) is 8.42 Å². The fourth-order valence-corrected chi connectivity index (χ4v) is 3.00. The molecule has 0 aliphatic heterocycles. The van der Waals surface area contributed by atoms with Crippen LogP contribution in [0.15, 0.2) is 47.4 Å². The maximum Gasteiger partial charge on any atom is 0.262 e. The average molecular weight is 327 g/mol. The first kappa shape index (κ1) is 15.5. The van der Waals surface area contributed by atoms with E-state index in [1.807, 2.05) is 0 Å². The Morgan fingerprint density at radius 1 is 1.10 bits per heavy atom. The maximum atomic E-state index is 12.4. The summed E-state index contributed by atoms with van der Waals surface area (Å²) < 4.78 is 32.3. The fourth-order valence-electron chi connectivity index (χ4n) is 1.76. The minimum Gasteiger partial charge on any atom is -0.495 e. The summed E-state index contributed by atoms with van der Waals surface area (Å²) in [5.41, 5.74) is 1.12. The van der Waals surface area contributed by atoms with Gasteiger partial charge in [0.05, 0.1) is 17.7 Å². The first-order chi connectivity index (χ1) is 9.96. The van der Waals surface area contributed by atoms with Crippen LogP contribution in [-0.2, 0) is 10.0 Å². The standard InChI is InChI=1S/C14H15ClN2O3S/c1-16-11-4-6-12(7-5-11)21(18,19)17-13-9-10(15)3-8-14(13)20-2/h3-9,16-17H,1-2H3. The van der Waals surface area contributed by atoms with Gasteiger partial charge in [-0.2, -0.15) is 0 Å². The van der Waals surface area contributed by atoms with Gasteiger partial charge < -0.3 is 10.1 Å². The molecule has 0 radical (unpaired) electrons. The van der Waals surface area contributed by atoms with E-state index in [0.717, 1.165) is 5.69 Å². The average Bonchev–Trinajstić information content (AvgIpc) is 2.47. The third-order valence-corrected chi connectivity index (χ3v) is 4.48. The van der Waals surface area contributed by atoms with E-state index >= 15 is 0 Å². The summed E-state index contributed by atoms with van der Waals surface area (Å²) in [7, 11) is -0.481. The number of hydrogen-bond acceptors (Lipinski definition) is 4. The number of hydrogen-bond donors (Lipinski definition) is 2. The Labute approximate surface area is 128 Å². The second-order valence-electron chi connectivity index (χ2n) is 4.22. The molecule has 0 amide bonds. The molecule has 5 nitrogen and oxygen atoms in total. The van der Waals surface area contributed by atoms with Crippen LogP contribution in [0.2, 0.25) is 5.02 Å². The van der Waals surface area contributed by atoms with Crippen LogP contribution in [0.25, 0.3) is 0 Å². The Balaban J connectivity index is 2.34. The van der Waals surface area contributed by atoms with Crippen LogP contribution in [0.5, 0.6) is 5.75 Å². The number of ether oxygens (including phenoxy) is 1. The number of nitrogens with one attached hydrogen (secondary N) is 2. The number of halogens is 1. The Kier molecular flexibility index (Phi) is 4.59. The molecule has 0 unspecified atom stereocenters. The van der Waals surface area contributed by atoms with Crippen molar-refractivity contribution in [1.29, 1.82) is 0 Å². The van der Waals surface area contributed by atoms with Gasteiger partial charge in [0.15, 0.2) is 0 Å². The summed E-state index contributed by atoms with van der Waals surface area (Å²) in [6.07, 6.45) is 0. The molecule has 0 fully saturated rings. The van der Waals surface area contributed by atoms with E-state index in [1.165, 1.54) is 25.3 Å². The van der Waals surface area contributed by atoms with E-state index in [-0.39, 0.29) is 4.90 Å². The van der Waals surface area contributed by atoms with Crippen LogP contribution < -0.4 is 14.8 Å². The molecule has 21 heavy (non-hydrogen) atoms. The van der Waals surface area contributed by atoms with Crippen molar-refractivity contribution in [3.8, 4) is 5.75 Å². The van der Waals surface area contributed by atoms with Gasteiger partial charge in [-0.15, -0.1) is 0 Å². The Hall–Kier alpha value is -1.92. The van der Waals surface area contributed by atoms with Gasteiger partial charge in [-0.05, 0) is 42.5 Å². The summed E-state index contributed by atoms with van der Waals surface area (Å²) in [6, 6.07) is 11.1. The topological polar surface area (TPSA) is 67.4 Å². The van der Waals surface area contributed by atoms with Crippen molar-refractivity contribution in [1.82, 2.24) is 0 Å². The largest absolute Gasteiger partial charge is 0.495 e. The van der Waals surface area contributed by atoms with E-state index in [1.54, 1.807) is 31.3 Å². The molecule has 0 heterocycles. The highest BCUT2D eigenvalue weighted by Gasteiger charge is 2.16. The molecule has 0 aromatic heterocycles. The molecular formula is C14H15ClN2O3S. The van der Waals surface area contributed by atoms with Gasteiger partial charge in [0.1, 0.15) is 5.75 Å². The van der Waals surface area contributed by atoms with Crippen LogP contribution in [0.4, 0.5) is 11.4 Å². The molecule has 0 atom stereocenters. The molecule has 0 aliphatic carbocycles. The maximum absolute atomic E-state index is 12.4. The zero-order valence-electron chi connectivity index (χ0n) is 11.6. The number of rotatable bonds is 5. The summed E-state index contributed by atoms with van der Waals surface area (Å²) in [5, 5.41) is 3.34. The lowest BCUT2D eigenvalue weighted by atomic mass is 10.3. The predicted molar refractivity (Wildman–Crippen MR) is 84.8 cm³/mol. The monoisotopic (exact) mass is 326 g/mol. The van der Waals surface area contributed by atoms with E-state index < -0.39 is 10.0 Å². The number of anilines is 2. The number of benzene rings is 2. The summed E-state index contributed by atoms with van der Waals surface area (Å²) in [4.78, 5) is 0.156. The lowest BCUT2D eigenvalue weighted by molar-refractivity contribution is 0.417. The van der Waals surface area contributed by atoms with E-state index in [2.05, 4.69) is 10.0 Å². The summed E-state index contributed by atoms with van der Waals surface area (Å²) in [6.45, 7) is 0. The zero-order chi connectivity index (χ0) is 15.5. The molecule has 2 N–H and O–H groups in total. The van der Waals surface area contributed by atoms with E-state index in [4.69, 9.17) is 16.3 Å². The van der Waals surface area contributed by atoms with Gasteiger partial charge in [-0.3, -0.25) is 4.72 Å². The molecule has 7 heteroatoms. The molecule has 0 saturated heterocycles. The summed E-state index contributed by atoms with van der Waals surface area (Å²) in [5.74, 6) is 0.398. The van der Waals surface area contributed by atoms with Crippen molar-refractivity contribution in [2.24, 2.45) is 0 Å². The molecule has 112 valence electrons. The van der Waals surface area contributed by atoms with Gasteiger partial charge in [-0.1, -0.05) is 11.6 Å². The quantitative estimate of drug-likeness (QED) is 0.885. The van der Waals surface area contributed by atoms with Crippen molar-refractivity contribution < 1.29 is 13.2 Å². The first-order valence-electron chi connectivity index (χ1n) is 6.10. The molecule has 0 bridgehead atoms. The number of sulfonamides is 1. The van der Waals surface area contributed by atoms with Crippen molar-refractivity contribution in [3.63, 3.8) is 0 Å². The molecule has 0 aliphatic rings. The van der Waals surface area contributed by atoms with E-state index in [0.29, 0.717) is 16.5 Å². The van der Waals surface area contributed by atoms with Gasteiger partial charge in [0.25, 0.3) is 10.0 Å². The number of methoxy groups -OCH3 is 1. The van der Waals surface area contributed by atoms with Crippen molar-refractivity contribution in [2.75, 3.05) is 24.2 Å². The molecule has 0 saturated carbocycles. The van der Waals surface area contributed by atoms with Crippen LogP contribution in [0.1, 0.15) is 0 Å². The van der Waals surface area contributed by atoms with Crippen LogP contribution in [0, 0.1) is 0 Å². The highest BCUT2D eigenvalue weighted by molar-refractivity contribution is 7.92. The van der Waals surface area contributed by atoms with Crippen LogP contribution in [-0.4, -0.2) is 22.6 Å². The van der Waals surface area contributed by atoms with Crippen molar-refractivity contribution in [3.05, 3.63) is 47.5 Å². The molecule has 2 rings (SSSR count).